The van der Waals surface area contributed by atoms with Crippen LogP contribution < -0.4 is 20.3 Å². The summed E-state index contributed by atoms with van der Waals surface area (Å²) in [6.07, 6.45) is 5.01. The van der Waals surface area contributed by atoms with Crippen LogP contribution in [0, 0.1) is 13.8 Å². The van der Waals surface area contributed by atoms with Gasteiger partial charge in [-0.2, -0.15) is 0 Å². The van der Waals surface area contributed by atoms with Crippen molar-refractivity contribution in [2.45, 2.75) is 39.2 Å². The molecule has 0 unspecified atom stereocenters. The van der Waals surface area contributed by atoms with Crippen molar-refractivity contribution in [1.82, 2.24) is 15.6 Å². The monoisotopic (exact) mass is 523 g/mol. The summed E-state index contributed by atoms with van der Waals surface area (Å²) in [6.45, 7) is 7.68. The molecule has 3 rings (SSSR count). The molecule has 0 aliphatic carbocycles. The van der Waals surface area contributed by atoms with Crippen LogP contribution in [-0.2, 0) is 0 Å². The molecule has 0 atom stereocenters. The molecule has 1 aliphatic rings. The molecule has 164 valence electrons. The molecule has 1 aromatic carbocycles. The molecule has 1 saturated heterocycles. The summed E-state index contributed by atoms with van der Waals surface area (Å²) in [6, 6.07) is 12.8. The number of ether oxygens (including phenoxy) is 1. The van der Waals surface area contributed by atoms with Crippen LogP contribution in [0.4, 0.5) is 5.82 Å². The Morgan fingerprint density at radius 1 is 1.17 bits per heavy atom. The minimum Gasteiger partial charge on any atom is -0.493 e. The standard InChI is InChI=1S/C23H33N5O.HI/c1-18-9-10-22(26-17-18)28-14-11-20(12-15-28)27-23(24-3)25-13-6-16-29-21-8-5-4-7-19(21)2;/h4-5,7-10,17,20H,6,11-16H2,1-3H3,(H2,24,25,27);1H. The van der Waals surface area contributed by atoms with Gasteiger partial charge in [0.2, 0.25) is 0 Å². The summed E-state index contributed by atoms with van der Waals surface area (Å²) in [4.78, 5) is 11.3. The zero-order valence-corrected chi connectivity index (χ0v) is 20.6. The van der Waals surface area contributed by atoms with Crippen molar-refractivity contribution in [1.29, 1.82) is 0 Å². The van der Waals surface area contributed by atoms with Crippen molar-refractivity contribution in [3.8, 4) is 5.75 Å². The van der Waals surface area contributed by atoms with Crippen molar-refractivity contribution >= 4 is 35.8 Å². The number of aryl methyl sites for hydroxylation is 2. The molecule has 2 aromatic rings. The first-order valence-corrected chi connectivity index (χ1v) is 10.5. The first kappa shape index (κ1) is 24.2. The summed E-state index contributed by atoms with van der Waals surface area (Å²) in [5.74, 6) is 2.91. The van der Waals surface area contributed by atoms with E-state index in [1.54, 1.807) is 0 Å². The van der Waals surface area contributed by atoms with Crippen LogP contribution in [-0.4, -0.2) is 50.3 Å². The van der Waals surface area contributed by atoms with Crippen LogP contribution in [0.1, 0.15) is 30.4 Å². The third-order valence-electron chi connectivity index (χ3n) is 5.24. The Morgan fingerprint density at radius 3 is 2.60 bits per heavy atom. The Bertz CT molecular complexity index is 788. The SMILES string of the molecule is CN=C(NCCCOc1ccccc1C)NC1CCN(c2ccc(C)cn2)CC1.I. The van der Waals surface area contributed by atoms with Crippen molar-refractivity contribution in [2.75, 3.05) is 38.2 Å². The fourth-order valence-corrected chi connectivity index (χ4v) is 3.47. The summed E-state index contributed by atoms with van der Waals surface area (Å²) in [5.41, 5.74) is 2.37. The van der Waals surface area contributed by atoms with Crippen molar-refractivity contribution < 1.29 is 4.74 Å². The van der Waals surface area contributed by atoms with Gasteiger partial charge in [-0.25, -0.2) is 4.98 Å². The predicted octanol–water partition coefficient (Wildman–Crippen LogP) is 3.92. The smallest absolute Gasteiger partial charge is 0.191 e. The van der Waals surface area contributed by atoms with Gasteiger partial charge in [-0.15, -0.1) is 24.0 Å². The number of hydrogen-bond acceptors (Lipinski definition) is 4. The van der Waals surface area contributed by atoms with E-state index in [0.29, 0.717) is 12.6 Å². The molecule has 1 aliphatic heterocycles. The molecule has 1 aromatic heterocycles. The highest BCUT2D eigenvalue weighted by Gasteiger charge is 2.20. The second-order valence-corrected chi connectivity index (χ2v) is 7.57. The van der Waals surface area contributed by atoms with Crippen LogP contribution in [0.15, 0.2) is 47.6 Å². The predicted molar refractivity (Wildman–Crippen MR) is 135 cm³/mol. The Labute approximate surface area is 197 Å². The fraction of sp³-hybridized carbons (Fsp3) is 0.478. The average Bonchev–Trinajstić information content (AvgIpc) is 2.75. The number of piperidine rings is 1. The van der Waals surface area contributed by atoms with Gasteiger partial charge in [0.05, 0.1) is 6.61 Å². The van der Waals surface area contributed by atoms with Gasteiger partial charge in [0.15, 0.2) is 5.96 Å². The van der Waals surface area contributed by atoms with E-state index in [4.69, 9.17) is 4.74 Å². The van der Waals surface area contributed by atoms with Gasteiger partial charge in [0, 0.05) is 38.9 Å². The van der Waals surface area contributed by atoms with E-state index in [0.717, 1.165) is 56.4 Å². The van der Waals surface area contributed by atoms with Crippen LogP contribution in [0.2, 0.25) is 0 Å². The molecule has 30 heavy (non-hydrogen) atoms. The molecule has 2 N–H and O–H groups in total. The maximum Gasteiger partial charge on any atom is 0.191 e. The maximum absolute atomic E-state index is 5.85. The third kappa shape index (κ3) is 7.34. The molecule has 6 nitrogen and oxygen atoms in total. The van der Waals surface area contributed by atoms with Crippen molar-refractivity contribution in [2.24, 2.45) is 4.99 Å². The molecule has 0 saturated carbocycles. The lowest BCUT2D eigenvalue weighted by Crippen LogP contribution is -2.49. The first-order chi connectivity index (χ1) is 14.2. The van der Waals surface area contributed by atoms with E-state index in [-0.39, 0.29) is 24.0 Å². The number of para-hydroxylation sites is 1. The summed E-state index contributed by atoms with van der Waals surface area (Å²) in [5, 5.41) is 6.96. The van der Waals surface area contributed by atoms with E-state index < -0.39 is 0 Å². The lowest BCUT2D eigenvalue weighted by molar-refractivity contribution is 0.309. The van der Waals surface area contributed by atoms with Crippen molar-refractivity contribution in [3.63, 3.8) is 0 Å². The average molecular weight is 523 g/mol. The molecular weight excluding hydrogens is 489 g/mol. The highest BCUT2D eigenvalue weighted by molar-refractivity contribution is 14.0. The minimum atomic E-state index is 0. The molecule has 2 heterocycles. The number of benzene rings is 1. The zero-order chi connectivity index (χ0) is 20.5. The fourth-order valence-electron chi connectivity index (χ4n) is 3.47. The topological polar surface area (TPSA) is 61.8 Å². The Hall–Kier alpha value is -2.03. The zero-order valence-electron chi connectivity index (χ0n) is 18.2. The third-order valence-corrected chi connectivity index (χ3v) is 5.24. The quantitative estimate of drug-likeness (QED) is 0.250. The van der Waals surface area contributed by atoms with E-state index in [2.05, 4.69) is 57.6 Å². The largest absolute Gasteiger partial charge is 0.493 e. The highest BCUT2D eigenvalue weighted by atomic mass is 127. The van der Waals surface area contributed by atoms with Gasteiger partial charge in [-0.1, -0.05) is 24.3 Å². The van der Waals surface area contributed by atoms with Crippen LogP contribution in [0.25, 0.3) is 0 Å². The lowest BCUT2D eigenvalue weighted by atomic mass is 10.1. The number of anilines is 1. The van der Waals surface area contributed by atoms with Crippen LogP contribution >= 0.6 is 24.0 Å². The number of rotatable bonds is 7. The van der Waals surface area contributed by atoms with E-state index >= 15 is 0 Å². The normalized spacial score (nSPS) is 14.8. The number of halogens is 1. The number of aromatic nitrogens is 1. The van der Waals surface area contributed by atoms with E-state index in [1.807, 2.05) is 31.4 Å². The Morgan fingerprint density at radius 2 is 1.93 bits per heavy atom. The van der Waals surface area contributed by atoms with Gasteiger partial charge >= 0.3 is 0 Å². The molecule has 1 fully saturated rings. The van der Waals surface area contributed by atoms with Gasteiger partial charge in [-0.3, -0.25) is 4.99 Å². The summed E-state index contributed by atoms with van der Waals surface area (Å²) < 4.78 is 5.85. The van der Waals surface area contributed by atoms with Crippen LogP contribution in [0.5, 0.6) is 5.75 Å². The first-order valence-electron chi connectivity index (χ1n) is 10.5. The van der Waals surface area contributed by atoms with Crippen LogP contribution in [0.3, 0.4) is 0 Å². The van der Waals surface area contributed by atoms with E-state index in [9.17, 15) is 0 Å². The highest BCUT2D eigenvalue weighted by Crippen LogP contribution is 2.18. The Balaban J connectivity index is 0.00000320. The number of nitrogens with one attached hydrogen (secondary N) is 2. The van der Waals surface area contributed by atoms with Gasteiger partial charge < -0.3 is 20.3 Å². The second kappa shape index (κ2) is 12.6. The number of guanidine groups is 1. The number of aliphatic imine (C=N–C) groups is 1. The number of pyridine rings is 1. The number of hydrogen-bond donors (Lipinski definition) is 2. The van der Waals surface area contributed by atoms with E-state index in [1.165, 1.54) is 11.1 Å². The Kier molecular flexibility index (Phi) is 10.2. The molecular formula is C23H34IN5O. The molecule has 7 heteroatoms. The molecule has 0 bridgehead atoms. The lowest BCUT2D eigenvalue weighted by Gasteiger charge is -2.33. The van der Waals surface area contributed by atoms with Gasteiger partial charge in [0.25, 0.3) is 0 Å². The van der Waals surface area contributed by atoms with Gasteiger partial charge in [0.1, 0.15) is 11.6 Å². The maximum atomic E-state index is 5.85. The van der Waals surface area contributed by atoms with Crippen molar-refractivity contribution in [3.05, 3.63) is 53.7 Å². The minimum absolute atomic E-state index is 0. The molecule has 0 radical (unpaired) electrons. The van der Waals surface area contributed by atoms with Gasteiger partial charge in [-0.05, 0) is 56.4 Å². The number of nitrogens with zero attached hydrogens (tertiary/aromatic N) is 3. The molecule has 0 amide bonds. The summed E-state index contributed by atoms with van der Waals surface area (Å²) >= 11 is 0. The summed E-state index contributed by atoms with van der Waals surface area (Å²) in [7, 11) is 1.82. The molecule has 0 spiro atoms. The second-order valence-electron chi connectivity index (χ2n) is 7.57.